The monoisotopic (exact) mass is 575 g/mol. The van der Waals surface area contributed by atoms with Gasteiger partial charge in [0.2, 0.25) is 21.8 Å². The lowest BCUT2D eigenvalue weighted by Gasteiger charge is -2.31. The summed E-state index contributed by atoms with van der Waals surface area (Å²) in [5, 5.41) is 2.76. The lowest BCUT2D eigenvalue weighted by molar-refractivity contribution is -0.139. The highest BCUT2D eigenvalue weighted by molar-refractivity contribution is 14.1. The number of sulfonamides is 1. The van der Waals surface area contributed by atoms with Crippen molar-refractivity contribution < 1.29 is 22.4 Å². The van der Waals surface area contributed by atoms with Gasteiger partial charge in [-0.1, -0.05) is 19.1 Å². The van der Waals surface area contributed by atoms with Gasteiger partial charge in [0.25, 0.3) is 0 Å². The van der Waals surface area contributed by atoms with E-state index < -0.39 is 34.3 Å². The first-order chi connectivity index (χ1) is 15.0. The van der Waals surface area contributed by atoms with E-state index in [-0.39, 0.29) is 12.5 Å². The molecule has 2 aromatic carbocycles. The molecule has 1 atom stereocenters. The van der Waals surface area contributed by atoms with Crippen LogP contribution >= 0.6 is 22.6 Å². The Morgan fingerprint density at radius 2 is 1.69 bits per heavy atom. The van der Waals surface area contributed by atoms with E-state index in [0.29, 0.717) is 17.8 Å². The smallest absolute Gasteiger partial charge is 0.244 e. The standard InChI is InChI=1S/C22H27FIN3O4S/c1-4-13-25-22(29)16(2)26(14-17-5-7-18(23)8-6-17)21(28)15-27(32(3,30)31)20-11-9-19(24)10-12-20/h5-12,16H,4,13-15H2,1-3H3,(H,25,29). The van der Waals surface area contributed by atoms with Crippen molar-refractivity contribution in [3.8, 4) is 0 Å². The van der Waals surface area contributed by atoms with Gasteiger partial charge >= 0.3 is 0 Å². The minimum absolute atomic E-state index is 0.0319. The van der Waals surface area contributed by atoms with E-state index in [9.17, 15) is 22.4 Å². The van der Waals surface area contributed by atoms with Gasteiger partial charge in [0, 0.05) is 16.7 Å². The van der Waals surface area contributed by atoms with Crippen molar-refractivity contribution in [2.24, 2.45) is 0 Å². The van der Waals surface area contributed by atoms with E-state index in [1.54, 1.807) is 31.2 Å². The van der Waals surface area contributed by atoms with E-state index >= 15 is 0 Å². The molecule has 0 fully saturated rings. The topological polar surface area (TPSA) is 86.8 Å². The average molecular weight is 575 g/mol. The second kappa shape index (κ2) is 11.6. The van der Waals surface area contributed by atoms with E-state index in [2.05, 4.69) is 27.9 Å². The highest BCUT2D eigenvalue weighted by Gasteiger charge is 2.29. The Bertz CT molecular complexity index is 1030. The van der Waals surface area contributed by atoms with Crippen LogP contribution in [0, 0.1) is 9.39 Å². The lowest BCUT2D eigenvalue weighted by Crippen LogP contribution is -2.51. The van der Waals surface area contributed by atoms with Gasteiger partial charge in [0.1, 0.15) is 18.4 Å². The summed E-state index contributed by atoms with van der Waals surface area (Å²) in [5.41, 5.74) is 0.973. The highest BCUT2D eigenvalue weighted by atomic mass is 127. The number of rotatable bonds is 10. The van der Waals surface area contributed by atoms with E-state index in [1.165, 1.54) is 29.2 Å². The van der Waals surface area contributed by atoms with Gasteiger partial charge in [-0.25, -0.2) is 12.8 Å². The number of benzene rings is 2. The summed E-state index contributed by atoms with van der Waals surface area (Å²) in [6.07, 6.45) is 1.76. The highest BCUT2D eigenvalue weighted by Crippen LogP contribution is 2.20. The first kappa shape index (κ1) is 26.0. The Hall–Kier alpha value is -2.21. The molecule has 0 spiro atoms. The van der Waals surface area contributed by atoms with Crippen molar-refractivity contribution in [3.05, 3.63) is 63.5 Å². The van der Waals surface area contributed by atoms with Crippen LogP contribution in [0.3, 0.4) is 0 Å². The second-order valence-electron chi connectivity index (χ2n) is 7.36. The van der Waals surface area contributed by atoms with Gasteiger partial charge in [0.15, 0.2) is 0 Å². The fraction of sp³-hybridized carbons (Fsp3) is 0.364. The molecule has 7 nitrogen and oxygen atoms in total. The first-order valence-corrected chi connectivity index (χ1v) is 13.0. The molecule has 0 aromatic heterocycles. The summed E-state index contributed by atoms with van der Waals surface area (Å²) in [6.45, 7) is 3.52. The zero-order valence-electron chi connectivity index (χ0n) is 18.2. The maximum absolute atomic E-state index is 13.3. The molecular weight excluding hydrogens is 548 g/mol. The third kappa shape index (κ3) is 7.44. The maximum atomic E-state index is 13.3. The van der Waals surface area contributed by atoms with Gasteiger partial charge in [-0.3, -0.25) is 13.9 Å². The van der Waals surface area contributed by atoms with Gasteiger partial charge in [0.05, 0.1) is 11.9 Å². The van der Waals surface area contributed by atoms with Crippen LogP contribution in [0.25, 0.3) is 0 Å². The second-order valence-corrected chi connectivity index (χ2v) is 10.5. The van der Waals surface area contributed by atoms with E-state index in [0.717, 1.165) is 20.6 Å². The number of amides is 2. The summed E-state index contributed by atoms with van der Waals surface area (Å²) < 4.78 is 40.1. The summed E-state index contributed by atoms with van der Waals surface area (Å²) in [7, 11) is -3.76. The van der Waals surface area contributed by atoms with Crippen molar-refractivity contribution >= 4 is 50.1 Å². The Morgan fingerprint density at radius 1 is 1.09 bits per heavy atom. The number of halogens is 2. The van der Waals surface area contributed by atoms with Crippen LogP contribution in [-0.2, 0) is 26.2 Å². The van der Waals surface area contributed by atoms with Crippen LogP contribution in [0.15, 0.2) is 48.5 Å². The first-order valence-electron chi connectivity index (χ1n) is 10.1. The molecule has 32 heavy (non-hydrogen) atoms. The molecule has 0 aliphatic carbocycles. The maximum Gasteiger partial charge on any atom is 0.244 e. The quantitative estimate of drug-likeness (QED) is 0.442. The molecule has 0 aliphatic heterocycles. The zero-order chi connectivity index (χ0) is 23.9. The Labute approximate surface area is 202 Å². The van der Waals surface area contributed by atoms with Gasteiger partial charge in [-0.05, 0) is 77.9 Å². The largest absolute Gasteiger partial charge is 0.354 e. The number of nitrogens with zero attached hydrogens (tertiary/aromatic N) is 2. The molecule has 0 saturated carbocycles. The van der Waals surface area contributed by atoms with Crippen LogP contribution in [0.1, 0.15) is 25.8 Å². The SMILES string of the molecule is CCCNC(=O)C(C)N(Cc1ccc(F)cc1)C(=O)CN(c1ccc(I)cc1)S(C)(=O)=O. The molecular formula is C22H27FIN3O4S. The molecule has 2 amide bonds. The van der Waals surface area contributed by atoms with Crippen LogP contribution in [0.2, 0.25) is 0 Å². The summed E-state index contributed by atoms with van der Waals surface area (Å²) in [6, 6.07) is 11.5. The van der Waals surface area contributed by atoms with Crippen molar-refractivity contribution in [2.45, 2.75) is 32.9 Å². The van der Waals surface area contributed by atoms with Crippen molar-refractivity contribution in [1.29, 1.82) is 0 Å². The van der Waals surface area contributed by atoms with Gasteiger partial charge in [-0.2, -0.15) is 0 Å². The molecule has 1 N–H and O–H groups in total. The predicted octanol–water partition coefficient (Wildman–Crippen LogP) is 3.14. The number of carbonyl (C=O) groups is 2. The van der Waals surface area contributed by atoms with Gasteiger partial charge in [-0.15, -0.1) is 0 Å². The van der Waals surface area contributed by atoms with E-state index in [4.69, 9.17) is 0 Å². The molecule has 2 aromatic rings. The number of hydrogen-bond acceptors (Lipinski definition) is 4. The zero-order valence-corrected chi connectivity index (χ0v) is 21.2. The van der Waals surface area contributed by atoms with Gasteiger partial charge < -0.3 is 10.2 Å². The van der Waals surface area contributed by atoms with Crippen LogP contribution < -0.4 is 9.62 Å². The van der Waals surface area contributed by atoms with Crippen molar-refractivity contribution in [2.75, 3.05) is 23.7 Å². The molecule has 174 valence electrons. The molecule has 1 unspecified atom stereocenters. The van der Waals surface area contributed by atoms with Crippen molar-refractivity contribution in [3.63, 3.8) is 0 Å². The molecule has 0 radical (unpaired) electrons. The van der Waals surface area contributed by atoms with Crippen molar-refractivity contribution in [1.82, 2.24) is 10.2 Å². The third-order valence-corrected chi connectivity index (χ3v) is 6.64. The predicted molar refractivity (Wildman–Crippen MR) is 131 cm³/mol. The Balaban J connectivity index is 2.34. The molecule has 0 bridgehead atoms. The van der Waals surface area contributed by atoms with Crippen LogP contribution in [-0.4, -0.2) is 50.5 Å². The van der Waals surface area contributed by atoms with Crippen LogP contribution in [0.5, 0.6) is 0 Å². The normalized spacial score (nSPS) is 12.2. The number of anilines is 1. The Morgan fingerprint density at radius 3 is 2.22 bits per heavy atom. The molecule has 0 saturated heterocycles. The minimum Gasteiger partial charge on any atom is -0.354 e. The molecule has 10 heteroatoms. The average Bonchev–Trinajstić information content (AvgIpc) is 2.74. The fourth-order valence-electron chi connectivity index (χ4n) is 2.99. The molecule has 0 heterocycles. The van der Waals surface area contributed by atoms with Crippen LogP contribution in [0.4, 0.5) is 10.1 Å². The lowest BCUT2D eigenvalue weighted by atomic mass is 10.1. The number of nitrogens with one attached hydrogen (secondary N) is 1. The number of hydrogen-bond donors (Lipinski definition) is 1. The molecule has 2 rings (SSSR count). The van der Waals surface area contributed by atoms with E-state index in [1.807, 2.05) is 6.92 Å². The number of carbonyl (C=O) groups excluding carboxylic acids is 2. The fourth-order valence-corrected chi connectivity index (χ4v) is 4.20. The Kier molecular flexibility index (Phi) is 9.44. The molecule has 0 aliphatic rings. The summed E-state index contributed by atoms with van der Waals surface area (Å²) in [5.74, 6) is -1.30. The summed E-state index contributed by atoms with van der Waals surface area (Å²) in [4.78, 5) is 27.2. The third-order valence-electron chi connectivity index (χ3n) is 4.78. The minimum atomic E-state index is -3.76. The summed E-state index contributed by atoms with van der Waals surface area (Å²) >= 11 is 2.10.